The summed E-state index contributed by atoms with van der Waals surface area (Å²) in [5.41, 5.74) is 0.504. The van der Waals surface area contributed by atoms with E-state index in [-0.39, 0.29) is 29.7 Å². The number of carbonyl (C=O) groups is 1. The summed E-state index contributed by atoms with van der Waals surface area (Å²) >= 11 is 0. The lowest BCUT2D eigenvalue weighted by Crippen LogP contribution is -2.06. The Morgan fingerprint density at radius 2 is 1.89 bits per heavy atom. The molecule has 0 aliphatic rings. The molecule has 0 atom stereocenters. The Kier molecular flexibility index (Phi) is 5.44. The average Bonchev–Trinajstić information content (AvgIpc) is 3.07. The lowest BCUT2D eigenvalue weighted by molar-refractivity contribution is -0.383. The summed E-state index contributed by atoms with van der Waals surface area (Å²) < 4.78 is 9.85. The topological polar surface area (TPSA) is 145 Å². The minimum absolute atomic E-state index is 0.0217. The molecule has 1 aromatic carbocycles. The van der Waals surface area contributed by atoms with Gasteiger partial charge in [-0.2, -0.15) is 0 Å². The highest BCUT2D eigenvalue weighted by Crippen LogP contribution is 2.32. The van der Waals surface area contributed by atoms with E-state index < -0.39 is 10.9 Å². The number of hydrogen-bond donors (Lipinski definition) is 2. The first-order chi connectivity index (χ1) is 13.5. The Morgan fingerprint density at radius 3 is 2.46 bits per heavy atom. The van der Waals surface area contributed by atoms with E-state index in [9.17, 15) is 14.9 Å². The molecule has 144 valence electrons. The van der Waals surface area contributed by atoms with E-state index in [0.717, 1.165) is 0 Å². The zero-order valence-corrected chi connectivity index (χ0v) is 15.0. The Labute approximate surface area is 158 Å². The summed E-state index contributed by atoms with van der Waals surface area (Å²) in [6.45, 7) is 3.68. The summed E-state index contributed by atoms with van der Waals surface area (Å²) in [4.78, 5) is 30.5. The van der Waals surface area contributed by atoms with Crippen molar-refractivity contribution in [2.24, 2.45) is 0 Å². The fourth-order valence-electron chi connectivity index (χ4n) is 2.32. The van der Waals surface area contributed by atoms with Crippen molar-refractivity contribution in [3.8, 4) is 0 Å². The number of esters is 1. The molecule has 2 N–H and O–H groups in total. The molecule has 0 saturated heterocycles. The van der Waals surface area contributed by atoms with Crippen molar-refractivity contribution in [2.45, 2.75) is 13.8 Å². The van der Waals surface area contributed by atoms with Crippen molar-refractivity contribution < 1.29 is 19.0 Å². The smallest absolute Gasteiger partial charge is 0.353 e. The molecule has 0 spiro atoms. The first kappa shape index (κ1) is 18.8. The Morgan fingerprint density at radius 1 is 1.21 bits per heavy atom. The number of hydrogen-bond acceptors (Lipinski definition) is 10. The first-order valence-corrected chi connectivity index (χ1v) is 8.22. The number of carbonyl (C=O) groups excluding carboxylic acids is 1. The molecule has 11 heteroatoms. The zero-order valence-electron chi connectivity index (χ0n) is 15.0. The fourth-order valence-corrected chi connectivity index (χ4v) is 2.32. The second kappa shape index (κ2) is 8.12. The number of anilines is 4. The lowest BCUT2D eigenvalue weighted by atomic mass is 10.2. The van der Waals surface area contributed by atoms with Gasteiger partial charge in [0.1, 0.15) is 12.1 Å². The van der Waals surface area contributed by atoms with Gasteiger partial charge < -0.3 is 19.9 Å². The molecule has 0 radical (unpaired) electrons. The van der Waals surface area contributed by atoms with Gasteiger partial charge in [-0.1, -0.05) is 5.16 Å². The average molecular weight is 384 g/mol. The number of nitro groups is 1. The number of benzene rings is 1. The van der Waals surface area contributed by atoms with Gasteiger partial charge in [-0.25, -0.2) is 14.8 Å². The predicted molar refractivity (Wildman–Crippen MR) is 98.9 cm³/mol. The summed E-state index contributed by atoms with van der Waals surface area (Å²) in [6.07, 6.45) is 1.18. The van der Waals surface area contributed by atoms with Crippen LogP contribution in [0.3, 0.4) is 0 Å². The van der Waals surface area contributed by atoms with E-state index in [1.54, 1.807) is 44.2 Å². The van der Waals surface area contributed by atoms with E-state index >= 15 is 0 Å². The van der Waals surface area contributed by atoms with E-state index in [1.165, 1.54) is 6.33 Å². The summed E-state index contributed by atoms with van der Waals surface area (Å²) in [5, 5.41) is 20.9. The van der Waals surface area contributed by atoms with Crippen molar-refractivity contribution in [1.29, 1.82) is 0 Å². The van der Waals surface area contributed by atoms with E-state index in [0.29, 0.717) is 17.0 Å². The van der Waals surface area contributed by atoms with Crippen LogP contribution in [0.2, 0.25) is 0 Å². The molecule has 0 unspecified atom stereocenters. The van der Waals surface area contributed by atoms with Gasteiger partial charge in [-0.05, 0) is 38.1 Å². The van der Waals surface area contributed by atoms with Crippen molar-refractivity contribution in [3.05, 3.63) is 58.1 Å². The van der Waals surface area contributed by atoms with Gasteiger partial charge in [0.05, 0.1) is 17.1 Å². The van der Waals surface area contributed by atoms with Crippen LogP contribution in [-0.2, 0) is 4.74 Å². The summed E-state index contributed by atoms with van der Waals surface area (Å²) in [7, 11) is 0. The van der Waals surface area contributed by atoms with E-state index in [2.05, 4.69) is 25.8 Å². The quantitative estimate of drug-likeness (QED) is 0.353. The van der Waals surface area contributed by atoms with E-state index in [4.69, 9.17) is 9.26 Å². The number of ether oxygens (including phenoxy) is 1. The van der Waals surface area contributed by atoms with Gasteiger partial charge in [0, 0.05) is 11.8 Å². The molecule has 0 amide bonds. The van der Waals surface area contributed by atoms with E-state index in [1.807, 2.05) is 0 Å². The molecular weight excluding hydrogens is 368 g/mol. The van der Waals surface area contributed by atoms with Crippen LogP contribution in [0, 0.1) is 17.0 Å². The highest BCUT2D eigenvalue weighted by atomic mass is 16.6. The number of nitrogens with one attached hydrogen (secondary N) is 2. The van der Waals surface area contributed by atoms with Crippen molar-refractivity contribution >= 4 is 34.8 Å². The minimum atomic E-state index is -0.607. The molecule has 0 saturated carbocycles. The Bertz CT molecular complexity index is 1000. The van der Waals surface area contributed by atoms with Crippen LogP contribution in [0.4, 0.5) is 28.8 Å². The van der Waals surface area contributed by atoms with Gasteiger partial charge in [-0.3, -0.25) is 10.1 Å². The molecule has 3 rings (SSSR count). The maximum absolute atomic E-state index is 11.7. The third-order valence-electron chi connectivity index (χ3n) is 3.54. The largest absolute Gasteiger partial charge is 0.462 e. The summed E-state index contributed by atoms with van der Waals surface area (Å²) in [6, 6.07) is 7.85. The van der Waals surface area contributed by atoms with Crippen molar-refractivity contribution in [2.75, 3.05) is 17.2 Å². The van der Waals surface area contributed by atoms with Gasteiger partial charge in [0.2, 0.25) is 11.6 Å². The van der Waals surface area contributed by atoms with Crippen LogP contribution in [0.15, 0.2) is 41.2 Å². The van der Waals surface area contributed by atoms with Gasteiger partial charge >= 0.3 is 11.7 Å². The molecule has 11 nitrogen and oxygen atoms in total. The molecule has 2 aromatic heterocycles. The second-order valence-electron chi connectivity index (χ2n) is 5.55. The monoisotopic (exact) mass is 384 g/mol. The second-order valence-corrected chi connectivity index (χ2v) is 5.55. The Balaban J connectivity index is 1.86. The van der Waals surface area contributed by atoms with Crippen LogP contribution < -0.4 is 10.6 Å². The van der Waals surface area contributed by atoms with Gasteiger partial charge in [0.25, 0.3) is 0 Å². The third kappa shape index (κ3) is 4.20. The first-order valence-electron chi connectivity index (χ1n) is 8.22. The molecular formula is C17H16N6O5. The molecule has 0 aliphatic heterocycles. The molecule has 0 fully saturated rings. The van der Waals surface area contributed by atoms with Crippen LogP contribution >= 0.6 is 0 Å². The van der Waals surface area contributed by atoms with Crippen LogP contribution in [-0.4, -0.2) is 32.6 Å². The maximum atomic E-state index is 11.7. The molecule has 28 heavy (non-hydrogen) atoms. The van der Waals surface area contributed by atoms with Crippen LogP contribution in [0.25, 0.3) is 0 Å². The normalized spacial score (nSPS) is 10.4. The molecule has 0 aliphatic carbocycles. The molecule has 2 heterocycles. The number of nitrogens with zero attached hydrogens (tertiary/aromatic N) is 4. The standard InChI is InChI=1S/C17H16N6O5/c1-3-27-17(24)11-4-6-12(7-5-11)20-15-14(23(25)26)16(19-9-18-15)21-13-8-10(2)28-22-13/h4-9H,3H2,1-2H3,(H2,18,19,20,21,22). The fraction of sp³-hybridized carbons (Fsp3) is 0.176. The summed E-state index contributed by atoms with van der Waals surface area (Å²) in [5.74, 6) is 0.310. The number of rotatable bonds is 7. The zero-order chi connectivity index (χ0) is 20.1. The van der Waals surface area contributed by atoms with Gasteiger partial charge in [0.15, 0.2) is 5.82 Å². The van der Waals surface area contributed by atoms with Crippen molar-refractivity contribution in [3.63, 3.8) is 0 Å². The van der Waals surface area contributed by atoms with Gasteiger partial charge in [-0.15, -0.1) is 0 Å². The highest BCUT2D eigenvalue weighted by Gasteiger charge is 2.24. The number of aryl methyl sites for hydroxylation is 1. The van der Waals surface area contributed by atoms with Crippen LogP contribution in [0.1, 0.15) is 23.0 Å². The maximum Gasteiger partial charge on any atom is 0.353 e. The van der Waals surface area contributed by atoms with Crippen LogP contribution in [0.5, 0.6) is 0 Å². The minimum Gasteiger partial charge on any atom is -0.462 e. The third-order valence-corrected chi connectivity index (χ3v) is 3.54. The molecule has 0 bridgehead atoms. The predicted octanol–water partition coefficient (Wildman–Crippen LogP) is 3.35. The SMILES string of the molecule is CCOC(=O)c1ccc(Nc2ncnc(Nc3cc(C)on3)c2[N+](=O)[O-])cc1. The highest BCUT2D eigenvalue weighted by molar-refractivity contribution is 5.90. The number of aromatic nitrogens is 3. The van der Waals surface area contributed by atoms with Crippen molar-refractivity contribution in [1.82, 2.24) is 15.1 Å². The molecule has 3 aromatic rings. The Hall–Kier alpha value is -4.02. The lowest BCUT2D eigenvalue weighted by Gasteiger charge is -2.09.